The minimum Gasteiger partial charge on any atom is -0.327 e. The van der Waals surface area contributed by atoms with Gasteiger partial charge in [0.15, 0.2) is 0 Å². The van der Waals surface area contributed by atoms with Gasteiger partial charge < -0.3 is 5.73 Å². The minimum atomic E-state index is -1.87. The van der Waals surface area contributed by atoms with Gasteiger partial charge in [-0.05, 0) is 23.9 Å². The zero-order chi connectivity index (χ0) is 18.7. The van der Waals surface area contributed by atoms with E-state index in [1.807, 2.05) is 29.2 Å². The van der Waals surface area contributed by atoms with Gasteiger partial charge in [0.05, 0.1) is 19.3 Å². The molecule has 0 aliphatic carbocycles. The van der Waals surface area contributed by atoms with Gasteiger partial charge in [0.1, 0.15) is 6.33 Å². The van der Waals surface area contributed by atoms with Gasteiger partial charge in [0.25, 0.3) is 6.08 Å². The molecule has 0 spiro atoms. The topological polar surface area (TPSA) is 83.7 Å². The predicted molar refractivity (Wildman–Crippen MR) is 95.1 cm³/mol. The lowest BCUT2D eigenvalue weighted by Gasteiger charge is -2.02. The molecule has 0 fully saturated rings. The van der Waals surface area contributed by atoms with Crippen LogP contribution in [0.4, 0.5) is 8.78 Å². The number of nitrogens with two attached hydrogens (primary N) is 1. The quantitative estimate of drug-likeness (QED) is 0.681. The molecule has 0 aliphatic rings. The second kappa shape index (κ2) is 7.75. The summed E-state index contributed by atoms with van der Waals surface area (Å²) in [6.07, 6.45) is 3.24. The van der Waals surface area contributed by atoms with E-state index in [1.54, 1.807) is 6.20 Å². The monoisotopic (exact) mass is 380 g/mol. The maximum absolute atomic E-state index is 12.7. The maximum atomic E-state index is 12.7. The lowest BCUT2D eigenvalue weighted by atomic mass is 10.2. The molecule has 26 heavy (non-hydrogen) atoms. The minimum absolute atomic E-state index is 0.302. The average molecular weight is 380 g/mol. The average Bonchev–Trinajstić information content (AvgIpc) is 3.34. The first kappa shape index (κ1) is 18.2. The molecule has 0 aliphatic heterocycles. The number of rotatable bonds is 7. The summed E-state index contributed by atoms with van der Waals surface area (Å²) in [6, 6.07) is 1.98. The molecular formula is C16H18F2N6OS. The standard InChI is InChI=1S/C16H18F2N6OS/c1-2-23-6-13(5-20-23)11-3-14(26-9-11)8-22-10-21-24(16(22)25)7-12(4-19)15(17)18/h3,5-6,9-10H,2,4,7-8,19H2,1H3. The van der Waals surface area contributed by atoms with Crippen molar-refractivity contribution in [1.29, 1.82) is 0 Å². The lowest BCUT2D eigenvalue weighted by Crippen LogP contribution is -2.27. The summed E-state index contributed by atoms with van der Waals surface area (Å²) in [5.41, 5.74) is 6.56. The molecule has 0 bridgehead atoms. The van der Waals surface area contributed by atoms with E-state index in [0.717, 1.165) is 27.2 Å². The number of halogens is 2. The SMILES string of the molecule is CCn1cc(-c2csc(Cn3cnn(CC(CN)=C(F)F)c3=O)c2)cn1. The van der Waals surface area contributed by atoms with Crippen LogP contribution in [0.15, 0.2) is 46.6 Å². The van der Waals surface area contributed by atoms with E-state index in [0.29, 0.717) is 6.54 Å². The van der Waals surface area contributed by atoms with Crippen LogP contribution in [-0.2, 0) is 19.6 Å². The highest BCUT2D eigenvalue weighted by molar-refractivity contribution is 7.10. The normalized spacial score (nSPS) is 11.1. The molecule has 3 rings (SSSR count). The van der Waals surface area contributed by atoms with Gasteiger partial charge in [0.2, 0.25) is 0 Å². The van der Waals surface area contributed by atoms with Gasteiger partial charge >= 0.3 is 5.69 Å². The number of aryl methyl sites for hydroxylation is 1. The molecule has 0 atom stereocenters. The van der Waals surface area contributed by atoms with E-state index in [9.17, 15) is 13.6 Å². The van der Waals surface area contributed by atoms with Gasteiger partial charge in [-0.3, -0.25) is 9.25 Å². The molecule has 0 saturated heterocycles. The van der Waals surface area contributed by atoms with Gasteiger partial charge in [-0.25, -0.2) is 9.48 Å². The summed E-state index contributed by atoms with van der Waals surface area (Å²) in [5, 5.41) is 10.1. The predicted octanol–water partition coefficient (Wildman–Crippen LogP) is 2.15. The van der Waals surface area contributed by atoms with Gasteiger partial charge in [0, 0.05) is 35.3 Å². The maximum Gasteiger partial charge on any atom is 0.346 e. The summed E-state index contributed by atoms with van der Waals surface area (Å²) >= 11 is 1.51. The van der Waals surface area contributed by atoms with Crippen LogP contribution < -0.4 is 11.4 Å². The largest absolute Gasteiger partial charge is 0.346 e. The van der Waals surface area contributed by atoms with Crippen molar-refractivity contribution in [3.63, 3.8) is 0 Å². The molecule has 3 aromatic rings. The van der Waals surface area contributed by atoms with Crippen LogP contribution in [0.3, 0.4) is 0 Å². The molecule has 0 saturated carbocycles. The highest BCUT2D eigenvalue weighted by Crippen LogP contribution is 2.25. The first-order valence-corrected chi connectivity index (χ1v) is 8.85. The van der Waals surface area contributed by atoms with Crippen molar-refractivity contribution in [2.75, 3.05) is 6.54 Å². The van der Waals surface area contributed by atoms with Crippen LogP contribution in [0.25, 0.3) is 11.1 Å². The van der Waals surface area contributed by atoms with Crippen LogP contribution in [-0.4, -0.2) is 30.7 Å². The Morgan fingerprint density at radius 1 is 1.31 bits per heavy atom. The lowest BCUT2D eigenvalue weighted by molar-refractivity contribution is 0.400. The zero-order valence-corrected chi connectivity index (χ0v) is 14.9. The summed E-state index contributed by atoms with van der Waals surface area (Å²) in [4.78, 5) is 13.3. The third-order valence-corrected chi connectivity index (χ3v) is 4.84. The van der Waals surface area contributed by atoms with E-state index >= 15 is 0 Å². The van der Waals surface area contributed by atoms with E-state index in [-0.39, 0.29) is 18.7 Å². The summed E-state index contributed by atoms with van der Waals surface area (Å²) in [5.74, 6) is 0. The first-order chi connectivity index (χ1) is 12.5. The second-order valence-corrected chi connectivity index (χ2v) is 6.65. The van der Waals surface area contributed by atoms with E-state index in [1.165, 1.54) is 22.2 Å². The van der Waals surface area contributed by atoms with Crippen LogP contribution >= 0.6 is 11.3 Å². The Bertz CT molecular complexity index is 979. The fraction of sp³-hybridized carbons (Fsp3) is 0.312. The smallest absolute Gasteiger partial charge is 0.327 e. The first-order valence-electron chi connectivity index (χ1n) is 7.97. The Hall–Kier alpha value is -2.59. The molecule has 0 aromatic carbocycles. The molecule has 0 amide bonds. The fourth-order valence-corrected chi connectivity index (χ4v) is 3.33. The third kappa shape index (κ3) is 3.81. The van der Waals surface area contributed by atoms with Gasteiger partial charge in [-0.1, -0.05) is 0 Å². The molecule has 3 aromatic heterocycles. The number of hydrogen-bond acceptors (Lipinski definition) is 5. The Morgan fingerprint density at radius 2 is 2.12 bits per heavy atom. The van der Waals surface area contributed by atoms with E-state index in [2.05, 4.69) is 10.2 Å². The Kier molecular flexibility index (Phi) is 5.43. The van der Waals surface area contributed by atoms with Crippen LogP contribution in [0.5, 0.6) is 0 Å². The molecule has 2 N–H and O–H groups in total. The van der Waals surface area contributed by atoms with Crippen molar-refractivity contribution in [2.24, 2.45) is 5.73 Å². The van der Waals surface area contributed by atoms with Crippen molar-refractivity contribution in [3.05, 3.63) is 57.2 Å². The van der Waals surface area contributed by atoms with Gasteiger partial charge in [-0.15, -0.1) is 11.3 Å². The Morgan fingerprint density at radius 3 is 2.77 bits per heavy atom. The molecule has 7 nitrogen and oxygen atoms in total. The summed E-state index contributed by atoms with van der Waals surface area (Å²) < 4.78 is 29.6. The van der Waals surface area contributed by atoms with E-state index < -0.39 is 11.8 Å². The van der Waals surface area contributed by atoms with Crippen LogP contribution in [0.1, 0.15) is 11.8 Å². The Labute approximate surface area is 152 Å². The number of thiophene rings is 1. The van der Waals surface area contributed by atoms with Crippen molar-refractivity contribution >= 4 is 11.3 Å². The van der Waals surface area contributed by atoms with Crippen molar-refractivity contribution in [1.82, 2.24) is 24.1 Å². The van der Waals surface area contributed by atoms with Crippen LogP contribution in [0, 0.1) is 0 Å². The van der Waals surface area contributed by atoms with Crippen molar-refractivity contribution in [2.45, 2.75) is 26.6 Å². The number of hydrogen-bond donors (Lipinski definition) is 1. The highest BCUT2D eigenvalue weighted by atomic mass is 32.1. The second-order valence-electron chi connectivity index (χ2n) is 5.65. The van der Waals surface area contributed by atoms with Crippen molar-refractivity contribution < 1.29 is 8.78 Å². The molecule has 0 unspecified atom stereocenters. The molecule has 138 valence electrons. The molecular weight excluding hydrogens is 362 g/mol. The fourth-order valence-electron chi connectivity index (χ4n) is 2.44. The Balaban J connectivity index is 1.76. The number of nitrogens with zero attached hydrogens (tertiary/aromatic N) is 5. The number of aromatic nitrogens is 5. The summed E-state index contributed by atoms with van der Waals surface area (Å²) in [6.45, 7) is 2.51. The molecule has 3 heterocycles. The van der Waals surface area contributed by atoms with Crippen LogP contribution in [0.2, 0.25) is 0 Å². The third-order valence-electron chi connectivity index (χ3n) is 3.92. The molecule has 10 heteroatoms. The zero-order valence-electron chi connectivity index (χ0n) is 14.1. The molecule has 0 radical (unpaired) electrons. The highest BCUT2D eigenvalue weighted by Gasteiger charge is 2.12. The summed E-state index contributed by atoms with van der Waals surface area (Å²) in [7, 11) is 0. The van der Waals surface area contributed by atoms with Crippen molar-refractivity contribution in [3.8, 4) is 11.1 Å². The van der Waals surface area contributed by atoms with E-state index in [4.69, 9.17) is 5.73 Å². The van der Waals surface area contributed by atoms with Gasteiger partial charge in [-0.2, -0.15) is 19.0 Å².